The molecule has 7 nitrogen and oxygen atoms in total. The van der Waals surface area contributed by atoms with Crippen LogP contribution in [-0.2, 0) is 6.18 Å². The zero-order valence-electron chi connectivity index (χ0n) is 15.0. The van der Waals surface area contributed by atoms with E-state index in [0.29, 0.717) is 5.82 Å². The van der Waals surface area contributed by atoms with Crippen molar-refractivity contribution in [1.82, 2.24) is 9.97 Å². The zero-order chi connectivity index (χ0) is 20.3. The number of nitrogens with zero attached hydrogens (tertiary/aromatic N) is 2. The Morgan fingerprint density at radius 2 is 1.93 bits per heavy atom. The molecule has 0 aliphatic heterocycles. The monoisotopic (exact) mass is 394 g/mol. The van der Waals surface area contributed by atoms with E-state index >= 15 is 0 Å². The van der Waals surface area contributed by atoms with E-state index in [-0.39, 0.29) is 29.2 Å². The SMILES string of the molecule is NC(=O)c1cnc(NC2CCCCC2N)cc1Nc1cccc(C(F)(F)F)n1. The zero-order valence-corrected chi connectivity index (χ0v) is 15.0. The van der Waals surface area contributed by atoms with Gasteiger partial charge in [-0.25, -0.2) is 9.97 Å². The summed E-state index contributed by atoms with van der Waals surface area (Å²) >= 11 is 0. The summed E-state index contributed by atoms with van der Waals surface area (Å²) in [6.45, 7) is 0. The number of alkyl halides is 3. The summed E-state index contributed by atoms with van der Waals surface area (Å²) in [5.74, 6) is -0.381. The summed E-state index contributed by atoms with van der Waals surface area (Å²) in [5.41, 5.74) is 10.7. The normalized spacial score (nSPS) is 19.9. The second kappa shape index (κ2) is 8.01. The number of anilines is 3. The van der Waals surface area contributed by atoms with E-state index in [0.717, 1.165) is 31.7 Å². The van der Waals surface area contributed by atoms with Gasteiger partial charge in [-0.1, -0.05) is 18.9 Å². The molecule has 2 heterocycles. The van der Waals surface area contributed by atoms with Crippen molar-refractivity contribution in [3.8, 4) is 0 Å². The number of carbonyl (C=O) groups excluding carboxylic acids is 1. The third-order valence-corrected chi connectivity index (χ3v) is 4.62. The van der Waals surface area contributed by atoms with Crippen LogP contribution >= 0.6 is 0 Å². The van der Waals surface area contributed by atoms with Crippen molar-refractivity contribution in [3.05, 3.63) is 41.7 Å². The van der Waals surface area contributed by atoms with Gasteiger partial charge in [-0.15, -0.1) is 0 Å². The summed E-state index contributed by atoms with van der Waals surface area (Å²) in [5, 5.41) is 5.96. The van der Waals surface area contributed by atoms with Gasteiger partial charge >= 0.3 is 6.18 Å². The van der Waals surface area contributed by atoms with Gasteiger partial charge in [0.2, 0.25) is 0 Å². The van der Waals surface area contributed by atoms with E-state index in [2.05, 4.69) is 20.6 Å². The molecular weight excluding hydrogens is 373 g/mol. The number of aromatic nitrogens is 2. The van der Waals surface area contributed by atoms with Gasteiger partial charge in [0.05, 0.1) is 11.3 Å². The highest BCUT2D eigenvalue weighted by atomic mass is 19.4. The van der Waals surface area contributed by atoms with Gasteiger partial charge in [0.1, 0.15) is 17.3 Å². The molecule has 10 heteroatoms. The van der Waals surface area contributed by atoms with Crippen LogP contribution in [0.3, 0.4) is 0 Å². The first-order valence-electron chi connectivity index (χ1n) is 8.87. The van der Waals surface area contributed by atoms with Gasteiger partial charge in [0, 0.05) is 24.3 Å². The number of nitrogens with two attached hydrogens (primary N) is 2. The summed E-state index contributed by atoms with van der Waals surface area (Å²) in [6, 6.07) is 4.98. The molecule has 1 saturated carbocycles. The van der Waals surface area contributed by atoms with E-state index in [1.807, 2.05) is 0 Å². The van der Waals surface area contributed by atoms with Gasteiger partial charge in [0.25, 0.3) is 5.91 Å². The van der Waals surface area contributed by atoms with Crippen molar-refractivity contribution in [2.45, 2.75) is 43.9 Å². The predicted molar refractivity (Wildman–Crippen MR) is 99.1 cm³/mol. The second-order valence-corrected chi connectivity index (χ2v) is 6.71. The molecule has 3 rings (SSSR count). The molecule has 150 valence electrons. The fourth-order valence-corrected chi connectivity index (χ4v) is 3.16. The van der Waals surface area contributed by atoms with E-state index in [4.69, 9.17) is 11.5 Å². The van der Waals surface area contributed by atoms with Gasteiger partial charge in [-0.05, 0) is 25.0 Å². The molecule has 28 heavy (non-hydrogen) atoms. The Morgan fingerprint density at radius 3 is 2.61 bits per heavy atom. The number of halogens is 3. The number of rotatable bonds is 5. The number of hydrogen-bond acceptors (Lipinski definition) is 6. The molecule has 0 bridgehead atoms. The lowest BCUT2D eigenvalue weighted by Crippen LogP contribution is -2.42. The lowest BCUT2D eigenvalue weighted by molar-refractivity contribution is -0.141. The van der Waals surface area contributed by atoms with Crippen molar-refractivity contribution in [2.75, 3.05) is 10.6 Å². The summed E-state index contributed by atoms with van der Waals surface area (Å²) in [4.78, 5) is 19.4. The third-order valence-electron chi connectivity index (χ3n) is 4.62. The Labute approximate surface area is 159 Å². The van der Waals surface area contributed by atoms with Crippen LogP contribution in [0.1, 0.15) is 41.7 Å². The van der Waals surface area contributed by atoms with Crippen LogP contribution in [0.4, 0.5) is 30.5 Å². The molecule has 0 radical (unpaired) electrons. The van der Waals surface area contributed by atoms with Crippen LogP contribution in [-0.4, -0.2) is 28.0 Å². The lowest BCUT2D eigenvalue weighted by Gasteiger charge is -2.29. The highest BCUT2D eigenvalue weighted by Gasteiger charge is 2.32. The number of hydrogen-bond donors (Lipinski definition) is 4. The molecular formula is C18H21F3N6O. The highest BCUT2D eigenvalue weighted by molar-refractivity contribution is 5.99. The van der Waals surface area contributed by atoms with E-state index in [9.17, 15) is 18.0 Å². The quantitative estimate of drug-likeness (QED) is 0.619. The van der Waals surface area contributed by atoms with Crippen LogP contribution in [0, 0.1) is 0 Å². The standard InChI is InChI=1S/C18H21F3N6O/c19-18(20,21)14-6-3-7-15(27-14)26-13-8-16(24-9-10(13)17(23)28)25-12-5-2-1-4-11(12)22/h3,6-9,11-12H,1-2,4-5,22H2,(H2,23,28)(H2,24,25,26,27). The Hall–Kier alpha value is -2.88. The maximum atomic E-state index is 12.9. The second-order valence-electron chi connectivity index (χ2n) is 6.71. The average Bonchev–Trinajstić information content (AvgIpc) is 2.63. The lowest BCUT2D eigenvalue weighted by atomic mass is 9.91. The number of nitrogens with one attached hydrogen (secondary N) is 2. The first-order valence-corrected chi connectivity index (χ1v) is 8.87. The highest BCUT2D eigenvalue weighted by Crippen LogP contribution is 2.30. The topological polar surface area (TPSA) is 119 Å². The van der Waals surface area contributed by atoms with Crippen LogP contribution in [0.5, 0.6) is 0 Å². The Kier molecular flexibility index (Phi) is 5.68. The minimum absolute atomic E-state index is 0.0205. The Bertz CT molecular complexity index is 857. The van der Waals surface area contributed by atoms with E-state index < -0.39 is 17.8 Å². The number of primary amides is 1. The van der Waals surface area contributed by atoms with Crippen LogP contribution < -0.4 is 22.1 Å². The van der Waals surface area contributed by atoms with Crippen molar-refractivity contribution >= 4 is 23.2 Å². The minimum atomic E-state index is -4.58. The molecule has 2 aromatic heterocycles. The Balaban J connectivity index is 1.87. The largest absolute Gasteiger partial charge is 0.433 e. The molecule has 1 fully saturated rings. The van der Waals surface area contributed by atoms with Gasteiger partial charge in [-0.3, -0.25) is 4.79 Å². The number of amides is 1. The molecule has 0 aromatic carbocycles. The van der Waals surface area contributed by atoms with Crippen LogP contribution in [0.15, 0.2) is 30.5 Å². The van der Waals surface area contributed by atoms with Gasteiger partial charge < -0.3 is 22.1 Å². The molecule has 0 saturated heterocycles. The van der Waals surface area contributed by atoms with E-state index in [1.54, 1.807) is 0 Å². The van der Waals surface area contributed by atoms with Crippen molar-refractivity contribution < 1.29 is 18.0 Å². The Morgan fingerprint density at radius 1 is 1.18 bits per heavy atom. The van der Waals surface area contributed by atoms with Gasteiger partial charge in [-0.2, -0.15) is 13.2 Å². The minimum Gasteiger partial charge on any atom is -0.366 e. The smallest absolute Gasteiger partial charge is 0.366 e. The maximum Gasteiger partial charge on any atom is 0.433 e. The van der Waals surface area contributed by atoms with Crippen molar-refractivity contribution in [3.63, 3.8) is 0 Å². The van der Waals surface area contributed by atoms with Crippen LogP contribution in [0.2, 0.25) is 0 Å². The summed E-state index contributed by atoms with van der Waals surface area (Å²) < 4.78 is 38.6. The summed E-state index contributed by atoms with van der Waals surface area (Å²) in [7, 11) is 0. The molecule has 1 aliphatic rings. The molecule has 1 amide bonds. The first-order chi connectivity index (χ1) is 13.2. The number of carbonyl (C=O) groups is 1. The molecule has 1 aliphatic carbocycles. The molecule has 2 aromatic rings. The average molecular weight is 394 g/mol. The fourth-order valence-electron chi connectivity index (χ4n) is 3.16. The van der Waals surface area contributed by atoms with Gasteiger partial charge in [0.15, 0.2) is 0 Å². The fraction of sp³-hybridized carbons (Fsp3) is 0.389. The first kappa shape index (κ1) is 19.9. The molecule has 2 unspecified atom stereocenters. The maximum absolute atomic E-state index is 12.9. The molecule has 2 atom stereocenters. The summed E-state index contributed by atoms with van der Waals surface area (Å²) in [6.07, 6.45) is 0.599. The van der Waals surface area contributed by atoms with Crippen molar-refractivity contribution in [1.29, 1.82) is 0 Å². The molecule has 0 spiro atoms. The molecule has 6 N–H and O–H groups in total. The predicted octanol–water partition coefficient (Wildman–Crippen LogP) is 3.02. The van der Waals surface area contributed by atoms with E-state index in [1.165, 1.54) is 24.4 Å². The number of pyridine rings is 2. The van der Waals surface area contributed by atoms with Crippen molar-refractivity contribution in [2.24, 2.45) is 11.5 Å². The van der Waals surface area contributed by atoms with Crippen LogP contribution in [0.25, 0.3) is 0 Å². The third kappa shape index (κ3) is 4.69.